The number of carboxylic acid groups (broad SMARTS) is 1. The van der Waals surface area contributed by atoms with Crippen LogP contribution < -0.4 is 0 Å². The smallest absolute Gasteiger partial charge is 0.334 e. The van der Waals surface area contributed by atoms with Gasteiger partial charge < -0.3 is 9.84 Å². The third kappa shape index (κ3) is 2.08. The fourth-order valence-electron chi connectivity index (χ4n) is 1.02. The minimum atomic E-state index is -0.871. The molecule has 0 unspecified atom stereocenters. The van der Waals surface area contributed by atoms with E-state index >= 15 is 0 Å². The second-order valence-electron chi connectivity index (χ2n) is 2.73. The molecule has 4 heteroatoms. The maximum absolute atomic E-state index is 10.8. The first-order valence-corrected chi connectivity index (χ1v) is 3.71. The van der Waals surface area contributed by atoms with Crippen molar-refractivity contribution in [1.82, 2.24) is 0 Å². The Labute approximate surface area is 69.8 Å². The first-order chi connectivity index (χ1) is 5.59. The van der Waals surface area contributed by atoms with E-state index in [1.54, 1.807) is 13.0 Å². The fourth-order valence-corrected chi connectivity index (χ4v) is 1.02. The summed E-state index contributed by atoms with van der Waals surface area (Å²) in [6.07, 6.45) is 1.71. The number of hydrogen-bond donors (Lipinski definition) is 1. The second-order valence-corrected chi connectivity index (χ2v) is 2.73. The summed E-state index contributed by atoms with van der Waals surface area (Å²) in [5.41, 5.74) is 0.561. The van der Waals surface area contributed by atoms with Crippen LogP contribution >= 0.6 is 0 Å². The molecule has 1 N–H and O–H groups in total. The number of aliphatic carboxylic acids is 1. The van der Waals surface area contributed by atoms with Gasteiger partial charge in [-0.2, -0.15) is 0 Å². The van der Waals surface area contributed by atoms with Gasteiger partial charge in [0, 0.05) is 12.0 Å². The van der Waals surface area contributed by atoms with Crippen LogP contribution in [0.25, 0.3) is 0 Å². The lowest BCUT2D eigenvalue weighted by Crippen LogP contribution is -2.10. The number of carbonyl (C=O) groups excluding carboxylic acids is 1. The highest BCUT2D eigenvalue weighted by atomic mass is 16.5. The standard InChI is InChI=1S/C8H10O4/c1-5-4-6(12-8(5)11)2-3-7(9)10/h4,6H,2-3H2,1H3,(H,9,10)/t6-/m1/s1. The van der Waals surface area contributed by atoms with E-state index in [0.29, 0.717) is 12.0 Å². The highest BCUT2D eigenvalue weighted by Crippen LogP contribution is 2.16. The molecular formula is C8H10O4. The van der Waals surface area contributed by atoms with Gasteiger partial charge in [-0.05, 0) is 19.4 Å². The average molecular weight is 170 g/mol. The Morgan fingerprint density at radius 2 is 2.42 bits per heavy atom. The van der Waals surface area contributed by atoms with Gasteiger partial charge in [0.05, 0.1) is 0 Å². The first kappa shape index (κ1) is 8.77. The predicted molar refractivity (Wildman–Crippen MR) is 40.5 cm³/mol. The van der Waals surface area contributed by atoms with Crippen molar-refractivity contribution >= 4 is 11.9 Å². The van der Waals surface area contributed by atoms with Gasteiger partial charge in [-0.15, -0.1) is 0 Å². The van der Waals surface area contributed by atoms with Crippen molar-refractivity contribution in [3.63, 3.8) is 0 Å². The maximum Gasteiger partial charge on any atom is 0.334 e. The number of carboxylic acids is 1. The van der Waals surface area contributed by atoms with Gasteiger partial charge in [-0.1, -0.05) is 0 Å². The van der Waals surface area contributed by atoms with Crippen LogP contribution in [-0.4, -0.2) is 23.1 Å². The molecule has 0 aromatic rings. The lowest BCUT2D eigenvalue weighted by molar-refractivity contribution is -0.142. The monoisotopic (exact) mass is 170 g/mol. The van der Waals surface area contributed by atoms with Crippen LogP contribution in [0.1, 0.15) is 19.8 Å². The quantitative estimate of drug-likeness (QED) is 0.634. The van der Waals surface area contributed by atoms with E-state index in [9.17, 15) is 9.59 Å². The minimum absolute atomic E-state index is 0.0295. The third-order valence-electron chi connectivity index (χ3n) is 1.66. The number of carbonyl (C=O) groups is 2. The fraction of sp³-hybridized carbons (Fsp3) is 0.500. The molecule has 0 amide bonds. The second kappa shape index (κ2) is 3.38. The number of cyclic esters (lactones) is 1. The highest BCUT2D eigenvalue weighted by Gasteiger charge is 2.22. The SMILES string of the molecule is CC1=C[C@@H](CCC(=O)O)OC1=O. The molecular weight excluding hydrogens is 160 g/mol. The first-order valence-electron chi connectivity index (χ1n) is 3.71. The summed E-state index contributed by atoms with van der Waals surface area (Å²) in [7, 11) is 0. The molecule has 1 rings (SSSR count). The van der Waals surface area contributed by atoms with Crippen molar-refractivity contribution in [3.05, 3.63) is 11.6 Å². The van der Waals surface area contributed by atoms with E-state index in [-0.39, 0.29) is 18.5 Å². The summed E-state index contributed by atoms with van der Waals surface area (Å²) < 4.78 is 4.83. The molecule has 4 nitrogen and oxygen atoms in total. The van der Waals surface area contributed by atoms with Gasteiger partial charge >= 0.3 is 11.9 Å². The van der Waals surface area contributed by atoms with E-state index in [2.05, 4.69) is 0 Å². The van der Waals surface area contributed by atoms with Crippen LogP contribution in [0.2, 0.25) is 0 Å². The zero-order valence-corrected chi connectivity index (χ0v) is 6.74. The Bertz CT molecular complexity index is 241. The molecule has 66 valence electrons. The van der Waals surface area contributed by atoms with E-state index in [0.717, 1.165) is 0 Å². The maximum atomic E-state index is 10.8. The van der Waals surface area contributed by atoms with Crippen molar-refractivity contribution in [3.8, 4) is 0 Å². The summed E-state index contributed by atoms with van der Waals surface area (Å²) >= 11 is 0. The molecule has 0 radical (unpaired) electrons. The highest BCUT2D eigenvalue weighted by molar-refractivity contribution is 5.90. The van der Waals surface area contributed by atoms with Crippen LogP contribution in [0, 0.1) is 0 Å². The normalized spacial score (nSPS) is 21.9. The van der Waals surface area contributed by atoms with E-state index < -0.39 is 5.97 Å². The molecule has 0 bridgehead atoms. The van der Waals surface area contributed by atoms with Gasteiger partial charge in [-0.25, -0.2) is 4.79 Å². The van der Waals surface area contributed by atoms with Gasteiger partial charge in [0.25, 0.3) is 0 Å². The Balaban J connectivity index is 2.38. The summed E-state index contributed by atoms with van der Waals surface area (Å²) in [6.45, 7) is 1.66. The molecule has 1 aliphatic heterocycles. The molecule has 1 heterocycles. The minimum Gasteiger partial charge on any atom is -0.481 e. The number of ether oxygens (including phenoxy) is 1. The van der Waals surface area contributed by atoms with Gasteiger partial charge in [0.1, 0.15) is 6.10 Å². The summed E-state index contributed by atoms with van der Waals surface area (Å²) in [5.74, 6) is -1.21. The van der Waals surface area contributed by atoms with Gasteiger partial charge in [0.15, 0.2) is 0 Å². The molecule has 0 aromatic carbocycles. The summed E-state index contributed by atoms with van der Waals surface area (Å²) in [4.78, 5) is 20.9. The van der Waals surface area contributed by atoms with Crippen LogP contribution in [-0.2, 0) is 14.3 Å². The van der Waals surface area contributed by atoms with Crippen LogP contribution in [0.3, 0.4) is 0 Å². The number of hydrogen-bond acceptors (Lipinski definition) is 3. The predicted octanol–water partition coefficient (Wildman–Crippen LogP) is 0.723. The topological polar surface area (TPSA) is 63.6 Å². The van der Waals surface area contributed by atoms with Crippen LogP contribution in [0.15, 0.2) is 11.6 Å². The third-order valence-corrected chi connectivity index (χ3v) is 1.66. The Hall–Kier alpha value is -1.32. The summed E-state index contributed by atoms with van der Waals surface area (Å²) in [6, 6.07) is 0. The molecule has 12 heavy (non-hydrogen) atoms. The van der Waals surface area contributed by atoms with Crippen molar-refractivity contribution < 1.29 is 19.4 Å². The van der Waals surface area contributed by atoms with Crippen molar-refractivity contribution in [2.45, 2.75) is 25.9 Å². The van der Waals surface area contributed by atoms with Gasteiger partial charge in [-0.3, -0.25) is 4.79 Å². The molecule has 1 aliphatic rings. The molecule has 1 atom stereocenters. The van der Waals surface area contributed by atoms with E-state index in [1.165, 1.54) is 0 Å². The van der Waals surface area contributed by atoms with Crippen molar-refractivity contribution in [2.75, 3.05) is 0 Å². The largest absolute Gasteiger partial charge is 0.481 e. The zero-order valence-electron chi connectivity index (χ0n) is 6.74. The Morgan fingerprint density at radius 1 is 1.75 bits per heavy atom. The van der Waals surface area contributed by atoms with E-state index in [4.69, 9.17) is 9.84 Å². The van der Waals surface area contributed by atoms with Crippen molar-refractivity contribution in [2.24, 2.45) is 0 Å². The lowest BCUT2D eigenvalue weighted by Gasteiger charge is -2.04. The van der Waals surface area contributed by atoms with Gasteiger partial charge in [0.2, 0.25) is 0 Å². The van der Waals surface area contributed by atoms with Crippen molar-refractivity contribution in [1.29, 1.82) is 0 Å². The Morgan fingerprint density at radius 3 is 2.83 bits per heavy atom. The van der Waals surface area contributed by atoms with Crippen LogP contribution in [0.4, 0.5) is 0 Å². The molecule has 0 saturated heterocycles. The molecule has 0 aromatic heterocycles. The Kier molecular flexibility index (Phi) is 2.47. The molecule has 0 aliphatic carbocycles. The van der Waals surface area contributed by atoms with Crippen LogP contribution in [0.5, 0.6) is 0 Å². The zero-order chi connectivity index (χ0) is 9.14. The lowest BCUT2D eigenvalue weighted by atomic mass is 10.2. The molecule has 0 saturated carbocycles. The number of esters is 1. The molecule has 0 fully saturated rings. The number of rotatable bonds is 3. The molecule has 0 spiro atoms. The summed E-state index contributed by atoms with van der Waals surface area (Å²) in [5, 5.41) is 8.34. The van der Waals surface area contributed by atoms with E-state index in [1.807, 2.05) is 0 Å². The average Bonchev–Trinajstić information content (AvgIpc) is 2.28.